The van der Waals surface area contributed by atoms with Crippen LogP contribution in [0.2, 0.25) is 0 Å². The topological polar surface area (TPSA) is 95.3 Å². The second-order valence-corrected chi connectivity index (χ2v) is 8.31. The van der Waals surface area contributed by atoms with Crippen molar-refractivity contribution >= 4 is 35.0 Å². The smallest absolute Gasteiger partial charge is 0.373 e. The van der Waals surface area contributed by atoms with Crippen LogP contribution < -0.4 is 9.47 Å². The van der Waals surface area contributed by atoms with Crippen molar-refractivity contribution in [3.63, 3.8) is 0 Å². The van der Waals surface area contributed by atoms with Gasteiger partial charge in [-0.05, 0) is 53.7 Å². The van der Waals surface area contributed by atoms with Crippen molar-refractivity contribution in [2.24, 2.45) is 0 Å². The number of hydrogen-bond acceptors (Lipinski definition) is 8. The molecular formula is C25H20FNO7S. The Bertz CT molecular complexity index is 1320. The molecule has 0 radical (unpaired) electrons. The SMILES string of the molecule is COC(=O)c1ccc(COc2ccc(/C=C3/SC(=O)N(Cc4ccccc4F)C3=O)cc2OC)o1. The summed E-state index contributed by atoms with van der Waals surface area (Å²) in [5, 5.41) is -0.471. The first-order chi connectivity index (χ1) is 16.9. The molecule has 8 nitrogen and oxygen atoms in total. The highest BCUT2D eigenvalue weighted by Crippen LogP contribution is 2.35. The Hall–Kier alpha value is -4.05. The number of thioether (sulfide) groups is 1. The average molecular weight is 498 g/mol. The summed E-state index contributed by atoms with van der Waals surface area (Å²) >= 11 is 0.787. The zero-order valence-electron chi connectivity index (χ0n) is 18.8. The third-order valence-corrected chi connectivity index (χ3v) is 5.97. The molecule has 1 fully saturated rings. The van der Waals surface area contributed by atoms with Crippen LogP contribution in [-0.4, -0.2) is 36.2 Å². The number of amides is 2. The first-order valence-corrected chi connectivity index (χ1v) is 11.2. The van der Waals surface area contributed by atoms with Gasteiger partial charge in [-0.25, -0.2) is 9.18 Å². The van der Waals surface area contributed by atoms with Crippen LogP contribution in [0.15, 0.2) is 63.9 Å². The fraction of sp³-hybridized carbons (Fsp3) is 0.160. The summed E-state index contributed by atoms with van der Waals surface area (Å²) in [6.07, 6.45) is 1.56. The lowest BCUT2D eigenvalue weighted by atomic mass is 10.1. The summed E-state index contributed by atoms with van der Waals surface area (Å²) in [7, 11) is 2.73. The number of halogens is 1. The molecule has 35 heavy (non-hydrogen) atoms. The monoisotopic (exact) mass is 497 g/mol. The lowest BCUT2D eigenvalue weighted by Crippen LogP contribution is -2.27. The van der Waals surface area contributed by atoms with Crippen molar-refractivity contribution in [2.75, 3.05) is 14.2 Å². The summed E-state index contributed by atoms with van der Waals surface area (Å²) < 4.78 is 35.1. The van der Waals surface area contributed by atoms with E-state index in [1.807, 2.05) is 0 Å². The Morgan fingerprint density at radius 3 is 2.63 bits per heavy atom. The van der Waals surface area contributed by atoms with Crippen LogP contribution in [0.4, 0.5) is 9.18 Å². The van der Waals surface area contributed by atoms with E-state index in [1.54, 1.807) is 42.5 Å². The van der Waals surface area contributed by atoms with Crippen molar-refractivity contribution in [3.8, 4) is 11.5 Å². The summed E-state index contributed by atoms with van der Waals surface area (Å²) in [5.74, 6) is -0.278. The molecule has 4 rings (SSSR count). The van der Waals surface area contributed by atoms with Gasteiger partial charge < -0.3 is 18.6 Å². The van der Waals surface area contributed by atoms with Crippen molar-refractivity contribution in [1.29, 1.82) is 0 Å². The van der Waals surface area contributed by atoms with Gasteiger partial charge in [0.05, 0.1) is 25.7 Å². The van der Waals surface area contributed by atoms with Crippen LogP contribution in [0.25, 0.3) is 6.08 Å². The predicted molar refractivity (Wildman–Crippen MR) is 125 cm³/mol. The molecule has 0 unspecified atom stereocenters. The second-order valence-electron chi connectivity index (χ2n) is 7.32. The van der Waals surface area contributed by atoms with E-state index in [4.69, 9.17) is 13.9 Å². The number of furan rings is 1. The van der Waals surface area contributed by atoms with Crippen LogP contribution in [-0.2, 0) is 22.7 Å². The van der Waals surface area contributed by atoms with Crippen LogP contribution >= 0.6 is 11.8 Å². The van der Waals surface area contributed by atoms with Gasteiger partial charge in [-0.3, -0.25) is 14.5 Å². The van der Waals surface area contributed by atoms with E-state index in [0.717, 1.165) is 16.7 Å². The Labute approximate surface area is 204 Å². The van der Waals surface area contributed by atoms with E-state index in [0.29, 0.717) is 22.8 Å². The number of benzene rings is 2. The van der Waals surface area contributed by atoms with Crippen molar-refractivity contribution < 1.29 is 37.4 Å². The highest BCUT2D eigenvalue weighted by molar-refractivity contribution is 8.18. The quantitative estimate of drug-likeness (QED) is 0.316. The number of esters is 1. The Kier molecular flexibility index (Phi) is 7.21. The number of methoxy groups -OCH3 is 2. The third kappa shape index (κ3) is 5.38. The van der Waals surface area contributed by atoms with Crippen LogP contribution in [0.3, 0.4) is 0 Å². The minimum Gasteiger partial charge on any atom is -0.493 e. The first kappa shape index (κ1) is 24.1. The maximum atomic E-state index is 14.0. The van der Waals surface area contributed by atoms with Gasteiger partial charge >= 0.3 is 5.97 Å². The Morgan fingerprint density at radius 2 is 1.89 bits per heavy atom. The molecule has 1 aliphatic rings. The highest BCUT2D eigenvalue weighted by Gasteiger charge is 2.35. The molecule has 1 aromatic heterocycles. The zero-order valence-corrected chi connectivity index (χ0v) is 19.6. The molecule has 0 aliphatic carbocycles. The minimum atomic E-state index is -0.587. The van der Waals surface area contributed by atoms with Gasteiger partial charge in [0.25, 0.3) is 11.1 Å². The number of imide groups is 1. The van der Waals surface area contributed by atoms with E-state index in [2.05, 4.69) is 4.74 Å². The average Bonchev–Trinajstić information content (AvgIpc) is 3.44. The predicted octanol–water partition coefficient (Wildman–Crippen LogP) is 5.03. The number of nitrogens with zero attached hydrogens (tertiary/aromatic N) is 1. The molecule has 2 amide bonds. The molecule has 180 valence electrons. The van der Waals surface area contributed by atoms with E-state index in [-0.39, 0.29) is 29.4 Å². The number of carbonyl (C=O) groups is 3. The Morgan fingerprint density at radius 1 is 1.09 bits per heavy atom. The fourth-order valence-electron chi connectivity index (χ4n) is 3.29. The molecule has 10 heteroatoms. The molecule has 1 aliphatic heterocycles. The summed E-state index contributed by atoms with van der Waals surface area (Å²) in [4.78, 5) is 37.9. The molecule has 3 aromatic rings. The number of rotatable bonds is 8. The van der Waals surface area contributed by atoms with Crippen LogP contribution in [0.5, 0.6) is 11.5 Å². The standard InChI is InChI=1S/C25H20FNO7S/c1-31-21-11-15(7-9-19(21)33-14-17-8-10-20(34-17)24(29)32-2)12-22-23(28)27(25(30)35-22)13-16-5-3-4-6-18(16)26/h3-12H,13-14H2,1-2H3/b22-12+. The molecule has 0 saturated carbocycles. The zero-order chi connectivity index (χ0) is 24.9. The van der Waals surface area contributed by atoms with Gasteiger partial charge in [0, 0.05) is 5.56 Å². The highest BCUT2D eigenvalue weighted by atomic mass is 32.2. The van der Waals surface area contributed by atoms with Gasteiger partial charge in [-0.2, -0.15) is 0 Å². The molecular weight excluding hydrogens is 477 g/mol. The summed E-state index contributed by atoms with van der Waals surface area (Å²) in [5.41, 5.74) is 0.867. The second kappa shape index (κ2) is 10.5. The van der Waals surface area contributed by atoms with E-state index in [9.17, 15) is 18.8 Å². The van der Waals surface area contributed by atoms with Gasteiger partial charge in [0.1, 0.15) is 18.2 Å². The maximum Gasteiger partial charge on any atom is 0.373 e. The first-order valence-electron chi connectivity index (χ1n) is 10.4. The summed E-state index contributed by atoms with van der Waals surface area (Å²) in [6.45, 7) is -0.100. The van der Waals surface area contributed by atoms with E-state index >= 15 is 0 Å². The third-order valence-electron chi connectivity index (χ3n) is 5.06. The lowest BCUT2D eigenvalue weighted by Gasteiger charge is -2.13. The van der Waals surface area contributed by atoms with Gasteiger partial charge in [0.2, 0.25) is 5.76 Å². The van der Waals surface area contributed by atoms with Crippen molar-refractivity contribution in [3.05, 3.63) is 88.0 Å². The van der Waals surface area contributed by atoms with Crippen molar-refractivity contribution in [2.45, 2.75) is 13.2 Å². The van der Waals surface area contributed by atoms with Gasteiger partial charge in [0.15, 0.2) is 11.5 Å². The molecule has 0 spiro atoms. The molecule has 0 atom stereocenters. The normalized spacial score (nSPS) is 14.5. The number of hydrogen-bond donors (Lipinski definition) is 0. The van der Waals surface area contributed by atoms with Crippen LogP contribution in [0, 0.1) is 5.82 Å². The fourth-order valence-corrected chi connectivity index (χ4v) is 4.13. The van der Waals surface area contributed by atoms with E-state index < -0.39 is 22.9 Å². The summed E-state index contributed by atoms with van der Waals surface area (Å²) in [6, 6.07) is 14.1. The molecule has 2 aromatic carbocycles. The molecule has 2 heterocycles. The largest absolute Gasteiger partial charge is 0.493 e. The molecule has 0 bridgehead atoms. The van der Waals surface area contributed by atoms with Gasteiger partial charge in [-0.1, -0.05) is 24.3 Å². The molecule has 0 N–H and O–H groups in total. The van der Waals surface area contributed by atoms with E-state index in [1.165, 1.54) is 32.4 Å². The minimum absolute atomic E-state index is 0.0433. The Balaban J connectivity index is 1.46. The van der Waals surface area contributed by atoms with Crippen molar-refractivity contribution in [1.82, 2.24) is 4.90 Å². The number of ether oxygens (including phenoxy) is 3. The maximum absolute atomic E-state index is 14.0. The van der Waals surface area contributed by atoms with Gasteiger partial charge in [-0.15, -0.1) is 0 Å². The lowest BCUT2D eigenvalue weighted by molar-refractivity contribution is -0.123. The van der Waals surface area contributed by atoms with Crippen LogP contribution in [0.1, 0.15) is 27.4 Å². The number of carbonyl (C=O) groups excluding carboxylic acids is 3. The molecule has 1 saturated heterocycles.